The molecule has 7 rings (SSSR count). The lowest BCUT2D eigenvalue weighted by Crippen LogP contribution is -2.44. The van der Waals surface area contributed by atoms with E-state index in [0.29, 0.717) is 24.2 Å². The van der Waals surface area contributed by atoms with Crippen LogP contribution in [0.15, 0.2) is 16.4 Å². The quantitative estimate of drug-likeness (QED) is 0.704. The van der Waals surface area contributed by atoms with E-state index in [4.69, 9.17) is 0 Å². The van der Waals surface area contributed by atoms with Gasteiger partial charge >= 0.3 is 5.69 Å². The minimum absolute atomic E-state index is 0.0162. The van der Waals surface area contributed by atoms with Gasteiger partial charge in [-0.3, -0.25) is 14.2 Å². The lowest BCUT2D eigenvalue weighted by Gasteiger charge is -2.51. The molecular formula is C25H35N5O3. The van der Waals surface area contributed by atoms with Gasteiger partial charge < -0.3 is 10.2 Å². The maximum Gasteiger partial charge on any atom is 0.346 e. The molecular weight excluding hydrogens is 418 g/mol. The molecule has 1 saturated heterocycles. The van der Waals surface area contributed by atoms with E-state index >= 15 is 0 Å². The van der Waals surface area contributed by atoms with Crippen LogP contribution in [0.2, 0.25) is 0 Å². The molecule has 2 heterocycles. The van der Waals surface area contributed by atoms with Crippen LogP contribution >= 0.6 is 0 Å². The third-order valence-corrected chi connectivity index (χ3v) is 9.40. The molecule has 0 aromatic carbocycles. The summed E-state index contributed by atoms with van der Waals surface area (Å²) in [6, 6.07) is 0.332. The van der Waals surface area contributed by atoms with Crippen LogP contribution in [0.3, 0.4) is 0 Å². The second kappa shape index (κ2) is 7.84. The molecule has 0 radical (unpaired) electrons. The van der Waals surface area contributed by atoms with Crippen molar-refractivity contribution in [1.82, 2.24) is 24.6 Å². The Balaban J connectivity index is 1.08. The Morgan fingerprint density at radius 2 is 1.76 bits per heavy atom. The van der Waals surface area contributed by atoms with Crippen LogP contribution in [0, 0.1) is 36.5 Å². The number of fused-ring (bicyclic) bond motifs is 2. The predicted octanol–water partition coefficient (Wildman–Crippen LogP) is 1.77. The Morgan fingerprint density at radius 3 is 2.39 bits per heavy atom. The number of nitrogens with zero attached hydrogens (tertiary/aromatic N) is 4. The fourth-order valence-electron chi connectivity index (χ4n) is 7.88. The summed E-state index contributed by atoms with van der Waals surface area (Å²) in [6.45, 7) is 2.40. The number of hydrogen-bond acceptors (Lipinski definition) is 4. The summed E-state index contributed by atoms with van der Waals surface area (Å²) in [6.07, 6.45) is 11.3. The summed E-state index contributed by atoms with van der Waals surface area (Å²) in [7, 11) is 1.67. The largest absolute Gasteiger partial charge is 0.349 e. The van der Waals surface area contributed by atoms with Crippen molar-refractivity contribution in [1.29, 1.82) is 0 Å². The van der Waals surface area contributed by atoms with Crippen molar-refractivity contribution >= 4 is 11.8 Å². The zero-order valence-electron chi connectivity index (χ0n) is 19.7. The normalized spacial score (nSPS) is 36.4. The Labute approximate surface area is 194 Å². The van der Waals surface area contributed by atoms with Crippen LogP contribution in [0.25, 0.3) is 0 Å². The van der Waals surface area contributed by atoms with Crippen molar-refractivity contribution in [3.8, 4) is 0 Å². The molecule has 1 aromatic rings. The average molecular weight is 454 g/mol. The van der Waals surface area contributed by atoms with Crippen molar-refractivity contribution in [2.75, 3.05) is 6.54 Å². The first-order valence-corrected chi connectivity index (χ1v) is 12.8. The highest BCUT2D eigenvalue weighted by Gasteiger charge is 2.46. The van der Waals surface area contributed by atoms with Gasteiger partial charge in [-0.1, -0.05) is 5.57 Å². The fourth-order valence-corrected chi connectivity index (χ4v) is 7.88. The number of allylic oxidation sites excluding steroid dienone is 1. The molecule has 6 fully saturated rings. The van der Waals surface area contributed by atoms with Gasteiger partial charge in [-0.2, -0.15) is 5.10 Å². The zero-order chi connectivity index (χ0) is 22.9. The van der Waals surface area contributed by atoms with E-state index in [1.165, 1.54) is 46.9 Å². The minimum atomic E-state index is -0.258. The topological polar surface area (TPSA) is 89.2 Å². The maximum absolute atomic E-state index is 13.0. The van der Waals surface area contributed by atoms with Crippen molar-refractivity contribution < 1.29 is 9.59 Å². The highest BCUT2D eigenvalue weighted by molar-refractivity contribution is 5.88. The first-order chi connectivity index (χ1) is 15.9. The molecule has 2 amide bonds. The van der Waals surface area contributed by atoms with E-state index in [1.807, 2.05) is 11.0 Å². The van der Waals surface area contributed by atoms with Crippen molar-refractivity contribution in [2.24, 2.45) is 36.6 Å². The van der Waals surface area contributed by atoms with Gasteiger partial charge in [0.15, 0.2) is 0 Å². The highest BCUT2D eigenvalue weighted by atomic mass is 16.2. The van der Waals surface area contributed by atoms with E-state index in [-0.39, 0.29) is 42.1 Å². The minimum Gasteiger partial charge on any atom is -0.349 e. The average Bonchev–Trinajstić information content (AvgIpc) is 3.24. The van der Waals surface area contributed by atoms with E-state index in [2.05, 4.69) is 10.4 Å². The van der Waals surface area contributed by atoms with Crippen LogP contribution in [0.4, 0.5) is 0 Å². The second-order valence-corrected chi connectivity index (χ2v) is 11.4. The molecule has 3 atom stereocenters. The third kappa shape index (κ3) is 3.66. The number of carbonyl (C=O) groups excluding carboxylic acids is 2. The number of aromatic nitrogens is 3. The van der Waals surface area contributed by atoms with Gasteiger partial charge in [0.25, 0.3) is 0 Å². The molecule has 1 aromatic heterocycles. The van der Waals surface area contributed by atoms with Crippen molar-refractivity contribution in [3.05, 3.63) is 28.0 Å². The SMILES string of the molecule is Cc1nn(CC(=O)N2CC3CC2CCC3NC(=O)C=C2C3CC4CC(C3)CC2C4)c(=O)n1C. The zero-order valence-corrected chi connectivity index (χ0v) is 19.7. The standard InChI is InChI=1S/C25H35N5O3/c1-14-27-30(25(33)28(14)2)13-24(32)29-12-19-10-20(29)3-4-22(19)26-23(31)11-21-17-6-15-5-16(8-17)9-18(21)7-15/h11,15-20,22H,3-10,12-13H2,1-2H3,(H,26,31). The number of likely N-dealkylation sites (tertiary alicyclic amines) is 1. The summed E-state index contributed by atoms with van der Waals surface area (Å²) in [4.78, 5) is 40.1. The molecule has 1 aliphatic heterocycles. The molecule has 33 heavy (non-hydrogen) atoms. The molecule has 5 aliphatic carbocycles. The van der Waals surface area contributed by atoms with Gasteiger partial charge in [-0.05, 0) is 87.9 Å². The van der Waals surface area contributed by atoms with Crippen molar-refractivity contribution in [2.45, 2.75) is 76.9 Å². The number of nitrogens with one attached hydrogen (secondary N) is 1. The molecule has 6 bridgehead atoms. The molecule has 1 N–H and O–H groups in total. The molecule has 5 saturated carbocycles. The predicted molar refractivity (Wildman–Crippen MR) is 122 cm³/mol. The van der Waals surface area contributed by atoms with Gasteiger partial charge in [-0.25, -0.2) is 9.48 Å². The monoisotopic (exact) mass is 453 g/mol. The summed E-state index contributed by atoms with van der Waals surface area (Å²) in [5, 5.41) is 7.51. The Hall–Kier alpha value is -2.38. The smallest absolute Gasteiger partial charge is 0.346 e. The first-order valence-electron chi connectivity index (χ1n) is 12.8. The van der Waals surface area contributed by atoms with Crippen molar-refractivity contribution in [3.63, 3.8) is 0 Å². The van der Waals surface area contributed by atoms with Crippen LogP contribution in [0.5, 0.6) is 0 Å². The summed E-state index contributed by atoms with van der Waals surface area (Å²) in [5.74, 6) is 3.99. The molecule has 0 spiro atoms. The van der Waals surface area contributed by atoms with E-state index < -0.39 is 0 Å². The maximum atomic E-state index is 13.0. The van der Waals surface area contributed by atoms with Crippen LogP contribution in [-0.4, -0.2) is 49.7 Å². The van der Waals surface area contributed by atoms with E-state index in [1.54, 1.807) is 14.0 Å². The van der Waals surface area contributed by atoms with Gasteiger partial charge in [0.2, 0.25) is 11.8 Å². The number of amides is 2. The first kappa shape index (κ1) is 21.2. The summed E-state index contributed by atoms with van der Waals surface area (Å²) < 4.78 is 2.72. The molecule has 6 aliphatic rings. The van der Waals surface area contributed by atoms with Gasteiger partial charge in [0, 0.05) is 31.8 Å². The number of aryl methyl sites for hydroxylation is 1. The molecule has 8 heteroatoms. The molecule has 3 unspecified atom stereocenters. The van der Waals surface area contributed by atoms with Gasteiger partial charge in [0.05, 0.1) is 0 Å². The molecule has 178 valence electrons. The van der Waals surface area contributed by atoms with E-state index in [9.17, 15) is 14.4 Å². The lowest BCUT2D eigenvalue weighted by atomic mass is 9.54. The number of carbonyl (C=O) groups is 2. The van der Waals surface area contributed by atoms with Crippen LogP contribution in [0.1, 0.15) is 57.2 Å². The lowest BCUT2D eigenvalue weighted by molar-refractivity contribution is -0.133. The fraction of sp³-hybridized carbons (Fsp3) is 0.760. The number of hydrogen-bond donors (Lipinski definition) is 1. The highest BCUT2D eigenvalue weighted by Crippen LogP contribution is 2.56. The summed E-state index contributed by atoms with van der Waals surface area (Å²) >= 11 is 0. The second-order valence-electron chi connectivity index (χ2n) is 11.4. The Morgan fingerprint density at radius 1 is 1.06 bits per heavy atom. The van der Waals surface area contributed by atoms with Gasteiger partial charge in [-0.15, -0.1) is 0 Å². The van der Waals surface area contributed by atoms with Gasteiger partial charge in [0.1, 0.15) is 12.4 Å². The Bertz CT molecular complexity index is 1040. The molecule has 8 nitrogen and oxygen atoms in total. The van der Waals surface area contributed by atoms with E-state index in [0.717, 1.165) is 31.1 Å². The van der Waals surface area contributed by atoms with Crippen LogP contribution < -0.4 is 11.0 Å². The third-order valence-electron chi connectivity index (χ3n) is 9.40. The summed E-state index contributed by atoms with van der Waals surface area (Å²) in [5.41, 5.74) is 1.17. The number of rotatable bonds is 4. The van der Waals surface area contributed by atoms with Crippen LogP contribution in [-0.2, 0) is 23.2 Å². The Kier molecular flexibility index (Phi) is 5.03.